The maximum Gasteiger partial charge on any atom is 0.0863 e. The standard InChI is InChI=1S/C14H24ClN3/c1-4-11-14(15)13(18(3)17-11)9-16-12-8-6-5-7-10(12)2/h10,12,16H,4-9H2,1-3H3. The Morgan fingerprint density at radius 1 is 1.39 bits per heavy atom. The second-order valence-electron chi connectivity index (χ2n) is 5.43. The Morgan fingerprint density at radius 2 is 2.11 bits per heavy atom. The van der Waals surface area contributed by atoms with E-state index in [1.54, 1.807) is 0 Å². The molecule has 0 saturated heterocycles. The Balaban J connectivity index is 1.99. The molecule has 0 aromatic carbocycles. The molecule has 1 aliphatic rings. The van der Waals surface area contributed by atoms with Gasteiger partial charge in [0.1, 0.15) is 0 Å². The highest BCUT2D eigenvalue weighted by atomic mass is 35.5. The third-order valence-electron chi connectivity index (χ3n) is 4.15. The predicted molar refractivity (Wildman–Crippen MR) is 75.9 cm³/mol. The van der Waals surface area contributed by atoms with Crippen LogP contribution in [-0.4, -0.2) is 15.8 Å². The van der Waals surface area contributed by atoms with Gasteiger partial charge in [-0.2, -0.15) is 5.10 Å². The van der Waals surface area contributed by atoms with E-state index in [9.17, 15) is 0 Å². The van der Waals surface area contributed by atoms with E-state index in [0.29, 0.717) is 6.04 Å². The van der Waals surface area contributed by atoms with Crippen LogP contribution in [0.4, 0.5) is 0 Å². The molecule has 0 bridgehead atoms. The lowest BCUT2D eigenvalue weighted by molar-refractivity contribution is 0.277. The molecule has 3 nitrogen and oxygen atoms in total. The van der Waals surface area contributed by atoms with Crippen LogP contribution in [-0.2, 0) is 20.0 Å². The maximum absolute atomic E-state index is 6.36. The highest BCUT2D eigenvalue weighted by Gasteiger charge is 2.21. The molecule has 4 heteroatoms. The zero-order chi connectivity index (χ0) is 13.1. The summed E-state index contributed by atoms with van der Waals surface area (Å²) in [7, 11) is 1.98. The number of rotatable bonds is 4. The molecule has 1 aromatic rings. The Hall–Kier alpha value is -0.540. The molecule has 0 amide bonds. The third kappa shape index (κ3) is 2.89. The van der Waals surface area contributed by atoms with Crippen LogP contribution in [0.2, 0.25) is 5.02 Å². The Kier molecular flexibility index (Phi) is 4.68. The second kappa shape index (κ2) is 6.07. The van der Waals surface area contributed by atoms with Crippen molar-refractivity contribution in [3.8, 4) is 0 Å². The fourth-order valence-corrected chi connectivity index (χ4v) is 3.22. The first-order valence-electron chi connectivity index (χ1n) is 7.07. The molecule has 1 aliphatic carbocycles. The molecule has 2 atom stereocenters. The van der Waals surface area contributed by atoms with Gasteiger partial charge in [0.05, 0.1) is 16.4 Å². The molecule has 1 aromatic heterocycles. The van der Waals surface area contributed by atoms with E-state index in [1.165, 1.54) is 25.7 Å². The van der Waals surface area contributed by atoms with Gasteiger partial charge in [0.2, 0.25) is 0 Å². The topological polar surface area (TPSA) is 29.9 Å². The van der Waals surface area contributed by atoms with E-state index < -0.39 is 0 Å². The van der Waals surface area contributed by atoms with Gasteiger partial charge in [0, 0.05) is 19.6 Å². The van der Waals surface area contributed by atoms with Gasteiger partial charge in [-0.1, -0.05) is 38.3 Å². The molecule has 0 radical (unpaired) electrons. The first-order chi connectivity index (χ1) is 8.63. The van der Waals surface area contributed by atoms with E-state index in [2.05, 4.69) is 24.3 Å². The number of halogens is 1. The molecular weight excluding hydrogens is 246 g/mol. The van der Waals surface area contributed by atoms with Gasteiger partial charge in [-0.15, -0.1) is 0 Å². The van der Waals surface area contributed by atoms with Crippen molar-refractivity contribution in [3.05, 3.63) is 16.4 Å². The number of aromatic nitrogens is 2. The zero-order valence-corrected chi connectivity index (χ0v) is 12.4. The van der Waals surface area contributed by atoms with Gasteiger partial charge < -0.3 is 5.32 Å². The largest absolute Gasteiger partial charge is 0.308 e. The molecule has 1 fully saturated rings. The summed E-state index contributed by atoms with van der Waals surface area (Å²) in [6.45, 7) is 5.27. The summed E-state index contributed by atoms with van der Waals surface area (Å²) in [6.07, 6.45) is 6.26. The van der Waals surface area contributed by atoms with E-state index in [1.807, 2.05) is 11.7 Å². The average Bonchev–Trinajstić information content (AvgIpc) is 2.64. The van der Waals surface area contributed by atoms with Crippen LogP contribution in [0.15, 0.2) is 0 Å². The van der Waals surface area contributed by atoms with E-state index in [-0.39, 0.29) is 0 Å². The summed E-state index contributed by atoms with van der Waals surface area (Å²) in [5.41, 5.74) is 2.12. The minimum atomic E-state index is 0.634. The van der Waals surface area contributed by atoms with E-state index in [4.69, 9.17) is 11.6 Å². The van der Waals surface area contributed by atoms with Crippen LogP contribution in [0.5, 0.6) is 0 Å². The van der Waals surface area contributed by atoms with Crippen molar-refractivity contribution in [1.29, 1.82) is 0 Å². The first-order valence-corrected chi connectivity index (χ1v) is 7.44. The quantitative estimate of drug-likeness (QED) is 0.909. The molecule has 2 unspecified atom stereocenters. The Morgan fingerprint density at radius 3 is 2.72 bits per heavy atom. The van der Waals surface area contributed by atoms with Crippen molar-refractivity contribution >= 4 is 11.6 Å². The fraction of sp³-hybridized carbons (Fsp3) is 0.786. The summed E-state index contributed by atoms with van der Waals surface area (Å²) < 4.78 is 1.92. The zero-order valence-electron chi connectivity index (χ0n) is 11.7. The Labute approximate surface area is 115 Å². The Bertz CT molecular complexity index is 400. The molecule has 18 heavy (non-hydrogen) atoms. The molecule has 1 saturated carbocycles. The predicted octanol–water partition coefficient (Wildman–Crippen LogP) is 3.30. The number of nitrogens with one attached hydrogen (secondary N) is 1. The second-order valence-corrected chi connectivity index (χ2v) is 5.81. The van der Waals surface area contributed by atoms with Crippen molar-refractivity contribution in [1.82, 2.24) is 15.1 Å². The van der Waals surface area contributed by atoms with Crippen LogP contribution >= 0.6 is 11.6 Å². The van der Waals surface area contributed by atoms with Gasteiger partial charge in [-0.3, -0.25) is 4.68 Å². The summed E-state index contributed by atoms with van der Waals surface area (Å²) in [5, 5.41) is 8.96. The average molecular weight is 270 g/mol. The summed E-state index contributed by atoms with van der Waals surface area (Å²) in [6, 6.07) is 0.634. The van der Waals surface area contributed by atoms with Crippen LogP contribution in [0.25, 0.3) is 0 Å². The molecular formula is C14H24ClN3. The molecule has 2 rings (SSSR count). The van der Waals surface area contributed by atoms with Crippen LogP contribution < -0.4 is 5.32 Å². The number of aryl methyl sites for hydroxylation is 2. The van der Waals surface area contributed by atoms with Gasteiger partial charge in [-0.25, -0.2) is 0 Å². The van der Waals surface area contributed by atoms with Crippen LogP contribution in [0.3, 0.4) is 0 Å². The molecule has 0 spiro atoms. The smallest absolute Gasteiger partial charge is 0.0863 e. The minimum absolute atomic E-state index is 0.634. The van der Waals surface area contributed by atoms with Gasteiger partial charge in [0.15, 0.2) is 0 Å². The van der Waals surface area contributed by atoms with Crippen molar-refractivity contribution < 1.29 is 0 Å². The summed E-state index contributed by atoms with van der Waals surface area (Å²) in [4.78, 5) is 0. The minimum Gasteiger partial charge on any atom is -0.308 e. The number of hydrogen-bond acceptors (Lipinski definition) is 2. The van der Waals surface area contributed by atoms with Crippen molar-refractivity contribution in [2.75, 3.05) is 0 Å². The van der Waals surface area contributed by atoms with E-state index >= 15 is 0 Å². The van der Waals surface area contributed by atoms with Gasteiger partial charge in [0.25, 0.3) is 0 Å². The van der Waals surface area contributed by atoms with Crippen molar-refractivity contribution in [2.24, 2.45) is 13.0 Å². The van der Waals surface area contributed by atoms with Gasteiger partial charge >= 0.3 is 0 Å². The highest BCUT2D eigenvalue weighted by molar-refractivity contribution is 6.31. The molecule has 1 N–H and O–H groups in total. The summed E-state index contributed by atoms with van der Waals surface area (Å²) in [5.74, 6) is 0.774. The van der Waals surface area contributed by atoms with Gasteiger partial charge in [-0.05, 0) is 25.2 Å². The van der Waals surface area contributed by atoms with E-state index in [0.717, 1.165) is 35.3 Å². The van der Waals surface area contributed by atoms with Crippen molar-refractivity contribution in [3.63, 3.8) is 0 Å². The number of hydrogen-bond donors (Lipinski definition) is 1. The fourth-order valence-electron chi connectivity index (χ4n) is 2.86. The molecule has 0 aliphatic heterocycles. The maximum atomic E-state index is 6.36. The van der Waals surface area contributed by atoms with Crippen LogP contribution in [0.1, 0.15) is 50.9 Å². The lowest BCUT2D eigenvalue weighted by Gasteiger charge is -2.29. The third-order valence-corrected chi connectivity index (χ3v) is 4.58. The SMILES string of the molecule is CCc1nn(C)c(CNC2CCCCC2C)c1Cl. The highest BCUT2D eigenvalue weighted by Crippen LogP contribution is 2.25. The monoisotopic (exact) mass is 269 g/mol. The van der Waals surface area contributed by atoms with Crippen molar-refractivity contribution in [2.45, 2.75) is 58.5 Å². The van der Waals surface area contributed by atoms with Crippen LogP contribution in [0, 0.1) is 5.92 Å². The lowest BCUT2D eigenvalue weighted by Crippen LogP contribution is -2.37. The lowest BCUT2D eigenvalue weighted by atomic mass is 9.86. The number of nitrogens with zero attached hydrogens (tertiary/aromatic N) is 2. The first kappa shape index (κ1) is 13.9. The molecule has 102 valence electrons. The summed E-state index contributed by atoms with van der Waals surface area (Å²) >= 11 is 6.36. The normalized spacial score (nSPS) is 24.4. The molecule has 1 heterocycles.